The van der Waals surface area contributed by atoms with E-state index in [2.05, 4.69) is 17.9 Å². The lowest BCUT2D eigenvalue weighted by atomic mass is 10.6. The summed E-state index contributed by atoms with van der Waals surface area (Å²) in [6.45, 7) is 8.50. The summed E-state index contributed by atoms with van der Waals surface area (Å²) >= 11 is 0. The fourth-order valence-electron chi connectivity index (χ4n) is 0.326. The molecule has 5 heteroatoms. The van der Waals surface area contributed by atoms with E-state index in [4.69, 9.17) is 20.1 Å². The maximum Gasteiger partial charge on any atom is 0.0693 e. The second-order valence-electron chi connectivity index (χ2n) is 2.28. The molecule has 0 aromatic rings. The monoisotopic (exact) mass is 236 g/mol. The van der Waals surface area contributed by atoms with Crippen molar-refractivity contribution in [1.82, 2.24) is 0 Å². The smallest absolute Gasteiger partial charge is 0.0693 e. The van der Waals surface area contributed by atoms with E-state index in [1.807, 2.05) is 0 Å². The number of ether oxygens (including phenoxy) is 2. The largest absolute Gasteiger partial charge is 0.394 e. The van der Waals surface area contributed by atoms with Gasteiger partial charge in [0.05, 0.1) is 39.6 Å². The van der Waals surface area contributed by atoms with E-state index in [1.165, 1.54) is 0 Å². The lowest BCUT2D eigenvalue weighted by Gasteiger charge is -1.89. The van der Waals surface area contributed by atoms with Crippen molar-refractivity contribution in [2.45, 2.75) is 0 Å². The molecule has 0 aromatic carbocycles. The molecule has 98 valence electrons. The Morgan fingerprint density at radius 3 is 1.50 bits per heavy atom. The summed E-state index contributed by atoms with van der Waals surface area (Å²) in [4.78, 5) is 0. The first-order chi connectivity index (χ1) is 7.74. The summed E-state index contributed by atoms with van der Waals surface area (Å²) in [5.74, 6) is 0. The molecule has 0 atom stereocenters. The Kier molecular flexibility index (Phi) is 37.8. The van der Waals surface area contributed by atoms with Gasteiger partial charge in [0.25, 0.3) is 0 Å². The molecule has 0 aliphatic carbocycles. The molecular weight excluding hydrogens is 212 g/mol. The van der Waals surface area contributed by atoms with Crippen molar-refractivity contribution in [2.24, 2.45) is 0 Å². The van der Waals surface area contributed by atoms with Gasteiger partial charge in [-0.25, -0.2) is 0 Å². The highest BCUT2D eigenvalue weighted by molar-refractivity contribution is 4.68. The maximum atomic E-state index is 7.94. The molecule has 0 saturated carbocycles. The van der Waals surface area contributed by atoms with Crippen LogP contribution in [0.5, 0.6) is 0 Å². The van der Waals surface area contributed by atoms with Crippen molar-refractivity contribution in [3.63, 3.8) is 0 Å². The zero-order valence-electron chi connectivity index (χ0n) is 9.97. The average molecular weight is 236 g/mol. The topological polar surface area (TPSA) is 79.2 Å². The molecule has 0 aliphatic rings. The highest BCUT2D eigenvalue weighted by Crippen LogP contribution is 1.72. The first kappa shape index (κ1) is 20.7. The molecule has 0 heterocycles. The lowest BCUT2D eigenvalue weighted by Crippen LogP contribution is -1.91. The van der Waals surface area contributed by atoms with Crippen LogP contribution in [0.3, 0.4) is 0 Å². The van der Waals surface area contributed by atoms with Gasteiger partial charge in [-0.3, -0.25) is 0 Å². The van der Waals surface area contributed by atoms with E-state index < -0.39 is 0 Å². The van der Waals surface area contributed by atoms with E-state index >= 15 is 0 Å². The third-order valence-electron chi connectivity index (χ3n) is 0.867. The second kappa shape index (κ2) is 29.2. The Bertz CT molecular complexity index is 105. The zero-order chi connectivity index (χ0) is 13.1. The lowest BCUT2D eigenvalue weighted by molar-refractivity contribution is 0.135. The predicted octanol–water partition coefficient (Wildman–Crippen LogP) is -0.0289. The van der Waals surface area contributed by atoms with Crippen molar-refractivity contribution < 1.29 is 24.8 Å². The molecule has 16 heavy (non-hydrogen) atoms. The molecule has 0 aliphatic heterocycles. The molecule has 0 aromatic heterocycles. The number of rotatable bonds is 7. The van der Waals surface area contributed by atoms with E-state index in [0.29, 0.717) is 19.8 Å². The van der Waals surface area contributed by atoms with Gasteiger partial charge < -0.3 is 24.8 Å². The predicted molar refractivity (Wildman–Crippen MR) is 64.3 cm³/mol. The second-order valence-corrected chi connectivity index (χ2v) is 2.28. The molecule has 0 amide bonds. The summed E-state index contributed by atoms with van der Waals surface area (Å²) in [6.07, 6.45) is 3.42. The van der Waals surface area contributed by atoms with E-state index in [0.717, 1.165) is 0 Å². The fraction of sp³-hybridized carbons (Fsp3) is 0.636. The van der Waals surface area contributed by atoms with Crippen molar-refractivity contribution >= 4 is 0 Å². The normalized spacial score (nSPS) is 8.00. The van der Waals surface area contributed by atoms with Crippen molar-refractivity contribution in [2.75, 3.05) is 46.8 Å². The SMILES string of the molecule is C=CCOCC=C.COCCO.OCCO. The summed E-state index contributed by atoms with van der Waals surface area (Å²) in [7, 11) is 1.55. The maximum absolute atomic E-state index is 7.94. The molecule has 0 radical (unpaired) electrons. The van der Waals surface area contributed by atoms with Crippen LogP contribution in [0.25, 0.3) is 0 Å². The fourth-order valence-corrected chi connectivity index (χ4v) is 0.326. The minimum atomic E-state index is -0.125. The average Bonchev–Trinajstić information content (AvgIpc) is 2.32. The summed E-state index contributed by atoms with van der Waals surface area (Å²) in [5.41, 5.74) is 0. The van der Waals surface area contributed by atoms with Gasteiger partial charge in [-0.05, 0) is 0 Å². The number of aliphatic hydroxyl groups excluding tert-OH is 3. The number of hydrogen-bond donors (Lipinski definition) is 3. The van der Waals surface area contributed by atoms with Crippen LogP contribution in [0.2, 0.25) is 0 Å². The molecule has 0 fully saturated rings. The number of hydrogen-bond acceptors (Lipinski definition) is 5. The first-order valence-electron chi connectivity index (χ1n) is 4.86. The van der Waals surface area contributed by atoms with Crippen molar-refractivity contribution in [3.8, 4) is 0 Å². The van der Waals surface area contributed by atoms with Crippen LogP contribution >= 0.6 is 0 Å². The molecule has 3 N–H and O–H groups in total. The van der Waals surface area contributed by atoms with Gasteiger partial charge in [0, 0.05) is 7.11 Å². The molecular formula is C11H24O5. The quantitative estimate of drug-likeness (QED) is 0.427. The van der Waals surface area contributed by atoms with Crippen molar-refractivity contribution in [3.05, 3.63) is 25.3 Å². The Morgan fingerprint density at radius 2 is 1.38 bits per heavy atom. The number of aliphatic hydroxyl groups is 3. The van der Waals surface area contributed by atoms with E-state index in [9.17, 15) is 0 Å². The standard InChI is InChI=1S/C6H10O.C3H8O2.C2H6O2/c1-3-5-7-6-4-2;1-5-3-2-4;3-1-2-4/h3-4H,1-2,5-6H2;4H,2-3H2,1H3;3-4H,1-2H2. The first-order valence-corrected chi connectivity index (χ1v) is 4.86. The van der Waals surface area contributed by atoms with Crippen LogP contribution in [0.15, 0.2) is 25.3 Å². The molecule has 0 spiro atoms. The van der Waals surface area contributed by atoms with Crippen LogP contribution in [0, 0.1) is 0 Å². The minimum absolute atomic E-state index is 0.122. The van der Waals surface area contributed by atoms with Crippen LogP contribution in [-0.4, -0.2) is 62.1 Å². The van der Waals surface area contributed by atoms with Gasteiger partial charge in [0.2, 0.25) is 0 Å². The third-order valence-corrected chi connectivity index (χ3v) is 0.867. The van der Waals surface area contributed by atoms with Crippen molar-refractivity contribution in [1.29, 1.82) is 0 Å². The molecule has 0 rings (SSSR count). The van der Waals surface area contributed by atoms with E-state index in [1.54, 1.807) is 19.3 Å². The summed E-state index contributed by atoms with van der Waals surface area (Å²) in [6, 6.07) is 0. The third kappa shape index (κ3) is 50.8. The zero-order valence-corrected chi connectivity index (χ0v) is 9.97. The highest BCUT2D eigenvalue weighted by atomic mass is 16.5. The summed E-state index contributed by atoms with van der Waals surface area (Å²) < 4.78 is 9.34. The van der Waals surface area contributed by atoms with Crippen LogP contribution in [0.1, 0.15) is 0 Å². The summed E-state index contributed by atoms with van der Waals surface area (Å²) in [5, 5.41) is 23.2. The molecule has 0 unspecified atom stereocenters. The number of methoxy groups -OCH3 is 1. The van der Waals surface area contributed by atoms with Gasteiger partial charge in [-0.1, -0.05) is 12.2 Å². The Balaban J connectivity index is -0.000000166. The van der Waals surface area contributed by atoms with Gasteiger partial charge in [0.15, 0.2) is 0 Å². The van der Waals surface area contributed by atoms with E-state index in [-0.39, 0.29) is 19.8 Å². The minimum Gasteiger partial charge on any atom is -0.394 e. The molecule has 0 saturated heterocycles. The van der Waals surface area contributed by atoms with Gasteiger partial charge in [-0.2, -0.15) is 0 Å². The molecule has 0 bridgehead atoms. The molecule has 5 nitrogen and oxygen atoms in total. The van der Waals surface area contributed by atoms with Crippen LogP contribution in [0.4, 0.5) is 0 Å². The Hall–Kier alpha value is -0.720. The highest BCUT2D eigenvalue weighted by Gasteiger charge is 1.70. The Morgan fingerprint density at radius 1 is 0.938 bits per heavy atom. The van der Waals surface area contributed by atoms with Gasteiger partial charge in [-0.15, -0.1) is 13.2 Å². The Labute approximate surface area is 97.6 Å². The van der Waals surface area contributed by atoms with Gasteiger partial charge >= 0.3 is 0 Å². The van der Waals surface area contributed by atoms with Crippen LogP contribution in [-0.2, 0) is 9.47 Å². The van der Waals surface area contributed by atoms with Gasteiger partial charge in [0.1, 0.15) is 0 Å². The van der Waals surface area contributed by atoms with Crippen LogP contribution < -0.4 is 0 Å².